The van der Waals surface area contributed by atoms with Crippen LogP contribution in [0.15, 0.2) is 22.1 Å². The average molecular weight is 371 g/mol. The second-order valence-corrected chi connectivity index (χ2v) is 7.36. The van der Waals surface area contributed by atoms with E-state index in [4.69, 9.17) is 0 Å². The summed E-state index contributed by atoms with van der Waals surface area (Å²) in [6.45, 7) is 9.59. The molecule has 0 spiro atoms. The maximum atomic E-state index is 12.4. The molecule has 1 aromatic carbocycles. The number of aryl methyl sites for hydroxylation is 4. The highest BCUT2D eigenvalue weighted by Gasteiger charge is 2.15. The predicted molar refractivity (Wildman–Crippen MR) is 103 cm³/mol. The lowest BCUT2D eigenvalue weighted by atomic mass is 10.1. The number of carbonyl (C=O) groups is 1. The van der Waals surface area contributed by atoms with Crippen LogP contribution in [-0.2, 0) is 4.79 Å². The maximum Gasteiger partial charge on any atom is 0.255 e. The van der Waals surface area contributed by atoms with Crippen LogP contribution in [0.25, 0.3) is 5.78 Å². The highest BCUT2D eigenvalue weighted by molar-refractivity contribution is 7.99. The molecule has 2 heterocycles. The van der Waals surface area contributed by atoms with Gasteiger partial charge in [0.15, 0.2) is 5.16 Å². The van der Waals surface area contributed by atoms with E-state index in [0.29, 0.717) is 16.5 Å². The molecule has 0 aliphatic rings. The number of anilines is 1. The Balaban J connectivity index is 1.78. The zero-order chi connectivity index (χ0) is 19.0. The predicted octanol–water partition coefficient (Wildman–Crippen LogP) is 2.69. The fourth-order valence-corrected chi connectivity index (χ4v) is 3.74. The standard InChI is InChI=1S/C18H21N5O2S/c1-9-6-10(2)15(11(3)7-9)19-14(24)8-26-18-22-21-17-20-16(25)12(4)13(5)23(17)18/h6-7H,8H2,1-5H3,(H,19,24)(H,20,21,25). The maximum absolute atomic E-state index is 12.4. The summed E-state index contributed by atoms with van der Waals surface area (Å²) in [5.41, 5.74) is 5.29. The second-order valence-electron chi connectivity index (χ2n) is 6.42. The highest BCUT2D eigenvalue weighted by atomic mass is 32.2. The third kappa shape index (κ3) is 3.37. The number of hydrogen-bond donors (Lipinski definition) is 2. The first-order chi connectivity index (χ1) is 12.3. The number of benzene rings is 1. The summed E-state index contributed by atoms with van der Waals surface area (Å²) in [7, 11) is 0. The molecule has 3 aromatic rings. The first-order valence-corrected chi connectivity index (χ1v) is 9.21. The number of thioether (sulfide) groups is 1. The number of rotatable bonds is 4. The molecular formula is C18H21N5O2S. The molecule has 0 bridgehead atoms. The van der Waals surface area contributed by atoms with Crippen molar-refractivity contribution < 1.29 is 4.79 Å². The SMILES string of the molecule is Cc1cc(C)c(NC(=O)CSc2nnc3[nH]c(=O)c(C)c(C)n23)c(C)c1. The fourth-order valence-electron chi connectivity index (χ4n) is 2.96. The van der Waals surface area contributed by atoms with E-state index in [1.165, 1.54) is 17.3 Å². The number of amides is 1. The molecule has 0 saturated heterocycles. The lowest BCUT2D eigenvalue weighted by Crippen LogP contribution is -2.17. The van der Waals surface area contributed by atoms with E-state index in [9.17, 15) is 9.59 Å². The van der Waals surface area contributed by atoms with Crippen LogP contribution >= 0.6 is 11.8 Å². The summed E-state index contributed by atoms with van der Waals surface area (Å²) in [5, 5.41) is 11.6. The van der Waals surface area contributed by atoms with Crippen molar-refractivity contribution in [2.45, 2.75) is 39.8 Å². The van der Waals surface area contributed by atoms with Gasteiger partial charge in [0.2, 0.25) is 11.7 Å². The van der Waals surface area contributed by atoms with Crippen molar-refractivity contribution in [3.63, 3.8) is 0 Å². The molecule has 2 N–H and O–H groups in total. The van der Waals surface area contributed by atoms with Crippen LogP contribution in [-0.4, -0.2) is 31.2 Å². The van der Waals surface area contributed by atoms with Gasteiger partial charge in [-0.15, -0.1) is 10.2 Å². The van der Waals surface area contributed by atoms with E-state index < -0.39 is 0 Å². The smallest absolute Gasteiger partial charge is 0.255 e. The molecule has 0 atom stereocenters. The van der Waals surface area contributed by atoms with E-state index in [1.807, 2.05) is 39.8 Å². The molecule has 0 saturated carbocycles. The summed E-state index contributed by atoms with van der Waals surface area (Å²) >= 11 is 1.28. The van der Waals surface area contributed by atoms with E-state index in [1.54, 1.807) is 11.3 Å². The molecule has 0 radical (unpaired) electrons. The van der Waals surface area contributed by atoms with Gasteiger partial charge in [-0.3, -0.25) is 19.0 Å². The van der Waals surface area contributed by atoms with E-state index in [0.717, 1.165) is 22.5 Å². The van der Waals surface area contributed by atoms with Gasteiger partial charge in [-0.2, -0.15) is 0 Å². The zero-order valence-corrected chi connectivity index (χ0v) is 16.2. The summed E-state index contributed by atoms with van der Waals surface area (Å²) < 4.78 is 1.76. The van der Waals surface area contributed by atoms with Crippen LogP contribution in [0.5, 0.6) is 0 Å². The van der Waals surface area contributed by atoms with Crippen LogP contribution in [0.3, 0.4) is 0 Å². The van der Waals surface area contributed by atoms with Gasteiger partial charge in [0.25, 0.3) is 5.56 Å². The quantitative estimate of drug-likeness (QED) is 0.688. The number of nitrogens with zero attached hydrogens (tertiary/aromatic N) is 3. The van der Waals surface area contributed by atoms with Gasteiger partial charge in [-0.05, 0) is 45.7 Å². The first kappa shape index (κ1) is 18.2. The van der Waals surface area contributed by atoms with Crippen molar-refractivity contribution in [1.29, 1.82) is 0 Å². The van der Waals surface area contributed by atoms with Gasteiger partial charge >= 0.3 is 0 Å². The van der Waals surface area contributed by atoms with Crippen molar-refractivity contribution in [1.82, 2.24) is 19.6 Å². The minimum Gasteiger partial charge on any atom is -0.325 e. The molecule has 8 heteroatoms. The Hall–Kier alpha value is -2.61. The number of fused-ring (bicyclic) bond motifs is 1. The van der Waals surface area contributed by atoms with Gasteiger partial charge in [-0.1, -0.05) is 29.5 Å². The third-order valence-electron chi connectivity index (χ3n) is 4.35. The van der Waals surface area contributed by atoms with Gasteiger partial charge in [-0.25, -0.2) is 0 Å². The molecular weight excluding hydrogens is 350 g/mol. The molecule has 2 aromatic heterocycles. The van der Waals surface area contributed by atoms with Crippen molar-refractivity contribution >= 4 is 29.1 Å². The number of hydrogen-bond acceptors (Lipinski definition) is 5. The normalized spacial score (nSPS) is 11.1. The van der Waals surface area contributed by atoms with Crippen LogP contribution in [0.2, 0.25) is 0 Å². The molecule has 136 valence electrons. The molecule has 0 aliphatic carbocycles. The van der Waals surface area contributed by atoms with Crippen LogP contribution < -0.4 is 10.9 Å². The topological polar surface area (TPSA) is 92.2 Å². The zero-order valence-electron chi connectivity index (χ0n) is 15.4. The second kappa shape index (κ2) is 6.95. The number of H-pyrrole nitrogens is 1. The summed E-state index contributed by atoms with van der Waals surface area (Å²) in [6.07, 6.45) is 0. The molecule has 0 aliphatic heterocycles. The summed E-state index contributed by atoms with van der Waals surface area (Å²) in [5.74, 6) is 0.470. The first-order valence-electron chi connectivity index (χ1n) is 8.23. The van der Waals surface area contributed by atoms with Gasteiger partial charge in [0.1, 0.15) is 0 Å². The Kier molecular flexibility index (Phi) is 4.86. The Morgan fingerprint density at radius 1 is 1.15 bits per heavy atom. The Labute approximate surface area is 155 Å². The van der Waals surface area contributed by atoms with E-state index in [2.05, 4.69) is 20.5 Å². The number of carbonyl (C=O) groups excluding carboxylic acids is 1. The van der Waals surface area contributed by atoms with Crippen LogP contribution in [0.4, 0.5) is 5.69 Å². The minimum absolute atomic E-state index is 0.111. The molecule has 0 fully saturated rings. The minimum atomic E-state index is -0.179. The highest BCUT2D eigenvalue weighted by Crippen LogP contribution is 2.23. The molecule has 26 heavy (non-hydrogen) atoms. The van der Waals surface area contributed by atoms with E-state index >= 15 is 0 Å². The number of nitrogens with one attached hydrogen (secondary N) is 2. The Morgan fingerprint density at radius 3 is 2.46 bits per heavy atom. The summed E-state index contributed by atoms with van der Waals surface area (Å²) in [4.78, 5) is 26.9. The van der Waals surface area contributed by atoms with Crippen molar-refractivity contribution in [2.24, 2.45) is 0 Å². The molecule has 1 amide bonds. The molecule has 0 unspecified atom stereocenters. The fraction of sp³-hybridized carbons (Fsp3) is 0.333. The van der Waals surface area contributed by atoms with Crippen molar-refractivity contribution in [3.8, 4) is 0 Å². The molecule has 3 rings (SSSR count). The van der Waals surface area contributed by atoms with E-state index in [-0.39, 0.29) is 17.2 Å². The van der Waals surface area contributed by atoms with Crippen molar-refractivity contribution in [3.05, 3.63) is 50.4 Å². The monoisotopic (exact) mass is 371 g/mol. The van der Waals surface area contributed by atoms with Crippen LogP contribution in [0, 0.1) is 34.6 Å². The lowest BCUT2D eigenvalue weighted by Gasteiger charge is -2.12. The van der Waals surface area contributed by atoms with Crippen molar-refractivity contribution in [2.75, 3.05) is 11.1 Å². The third-order valence-corrected chi connectivity index (χ3v) is 5.28. The number of aromatic nitrogens is 4. The van der Waals surface area contributed by atoms with Gasteiger partial charge in [0.05, 0.1) is 5.75 Å². The van der Waals surface area contributed by atoms with Gasteiger partial charge < -0.3 is 5.32 Å². The lowest BCUT2D eigenvalue weighted by molar-refractivity contribution is -0.113. The largest absolute Gasteiger partial charge is 0.325 e. The van der Waals surface area contributed by atoms with Gasteiger partial charge in [0, 0.05) is 16.9 Å². The Bertz CT molecular complexity index is 1040. The Morgan fingerprint density at radius 2 is 1.81 bits per heavy atom. The number of aromatic amines is 1. The average Bonchev–Trinajstić information content (AvgIpc) is 2.97. The molecule has 7 nitrogen and oxygen atoms in total. The van der Waals surface area contributed by atoms with Crippen LogP contribution in [0.1, 0.15) is 27.9 Å². The summed E-state index contributed by atoms with van der Waals surface area (Å²) in [6, 6.07) is 4.09.